The van der Waals surface area contributed by atoms with Gasteiger partial charge in [0.25, 0.3) is 0 Å². The SMILES string of the molecule is NC(=NO)C(C(=O)NCc1ccc(Br)s1)c1ccccc1. The third-order valence-electron chi connectivity index (χ3n) is 2.87. The number of amides is 1. The van der Waals surface area contributed by atoms with Crippen LogP contribution in [0.3, 0.4) is 0 Å². The number of benzene rings is 1. The summed E-state index contributed by atoms with van der Waals surface area (Å²) < 4.78 is 1.00. The van der Waals surface area contributed by atoms with Gasteiger partial charge in [-0.25, -0.2) is 0 Å². The molecule has 1 aromatic carbocycles. The van der Waals surface area contributed by atoms with E-state index >= 15 is 0 Å². The van der Waals surface area contributed by atoms with Crippen LogP contribution in [0.1, 0.15) is 16.4 Å². The monoisotopic (exact) mass is 367 g/mol. The van der Waals surface area contributed by atoms with Gasteiger partial charge in [0.15, 0.2) is 5.84 Å². The van der Waals surface area contributed by atoms with Gasteiger partial charge in [-0.1, -0.05) is 35.5 Å². The minimum Gasteiger partial charge on any atom is -0.409 e. The molecule has 110 valence electrons. The van der Waals surface area contributed by atoms with Crippen LogP contribution in [-0.4, -0.2) is 17.0 Å². The van der Waals surface area contributed by atoms with E-state index in [0.717, 1.165) is 8.66 Å². The molecule has 0 bridgehead atoms. The molecule has 0 spiro atoms. The van der Waals surface area contributed by atoms with Gasteiger partial charge in [-0.15, -0.1) is 11.3 Å². The largest absolute Gasteiger partial charge is 0.409 e. The number of hydrogen-bond donors (Lipinski definition) is 3. The second-order valence-electron chi connectivity index (χ2n) is 4.29. The van der Waals surface area contributed by atoms with E-state index in [9.17, 15) is 4.79 Å². The van der Waals surface area contributed by atoms with Gasteiger partial charge in [-0.2, -0.15) is 0 Å². The number of amidine groups is 1. The molecule has 1 aromatic heterocycles. The summed E-state index contributed by atoms with van der Waals surface area (Å²) in [5, 5.41) is 14.7. The standard InChI is InChI=1S/C14H14BrN3O2S/c15-11-7-6-10(21-11)8-17-14(19)12(13(16)18-20)9-4-2-1-3-5-9/h1-7,12,20H,8H2,(H2,16,18)(H,17,19). The number of nitrogens with one attached hydrogen (secondary N) is 1. The van der Waals surface area contributed by atoms with Gasteiger partial charge in [-0.3, -0.25) is 4.79 Å². The fourth-order valence-corrected chi connectivity index (χ4v) is 3.31. The summed E-state index contributed by atoms with van der Waals surface area (Å²) in [7, 11) is 0. The topological polar surface area (TPSA) is 87.7 Å². The highest BCUT2D eigenvalue weighted by molar-refractivity contribution is 9.11. The van der Waals surface area contributed by atoms with Crippen LogP contribution in [-0.2, 0) is 11.3 Å². The van der Waals surface area contributed by atoms with E-state index in [1.807, 2.05) is 18.2 Å². The molecule has 1 amide bonds. The lowest BCUT2D eigenvalue weighted by Crippen LogP contribution is -2.36. The van der Waals surface area contributed by atoms with Gasteiger partial charge in [-0.05, 0) is 33.6 Å². The van der Waals surface area contributed by atoms with Crippen LogP contribution in [0.15, 0.2) is 51.4 Å². The Morgan fingerprint density at radius 1 is 1.33 bits per heavy atom. The summed E-state index contributed by atoms with van der Waals surface area (Å²) in [6.45, 7) is 0.400. The van der Waals surface area contributed by atoms with Gasteiger partial charge in [0, 0.05) is 4.88 Å². The van der Waals surface area contributed by atoms with E-state index < -0.39 is 5.92 Å². The molecule has 0 fully saturated rings. The zero-order valence-corrected chi connectivity index (χ0v) is 13.4. The summed E-state index contributed by atoms with van der Waals surface area (Å²) >= 11 is 4.92. The van der Waals surface area contributed by atoms with E-state index in [0.29, 0.717) is 12.1 Å². The van der Waals surface area contributed by atoms with Gasteiger partial charge >= 0.3 is 0 Å². The third-order valence-corrected chi connectivity index (χ3v) is 4.50. The molecular weight excluding hydrogens is 354 g/mol. The van der Waals surface area contributed by atoms with Gasteiger partial charge < -0.3 is 16.3 Å². The van der Waals surface area contributed by atoms with Crippen molar-refractivity contribution < 1.29 is 10.0 Å². The Morgan fingerprint density at radius 2 is 2.05 bits per heavy atom. The molecular formula is C14H14BrN3O2S. The summed E-state index contributed by atoms with van der Waals surface area (Å²) in [6.07, 6.45) is 0. The molecule has 21 heavy (non-hydrogen) atoms. The smallest absolute Gasteiger partial charge is 0.235 e. The lowest BCUT2D eigenvalue weighted by atomic mass is 9.97. The van der Waals surface area contributed by atoms with Gasteiger partial charge in [0.2, 0.25) is 5.91 Å². The molecule has 0 radical (unpaired) electrons. The Bertz CT molecular complexity index is 643. The summed E-state index contributed by atoms with van der Waals surface area (Å²) in [5.41, 5.74) is 6.34. The molecule has 2 rings (SSSR count). The number of carbonyl (C=O) groups is 1. The molecule has 0 saturated heterocycles. The van der Waals surface area contributed by atoms with Crippen molar-refractivity contribution in [1.29, 1.82) is 0 Å². The van der Waals surface area contributed by atoms with Crippen LogP contribution in [0.25, 0.3) is 0 Å². The van der Waals surface area contributed by atoms with Gasteiger partial charge in [0.05, 0.1) is 10.3 Å². The molecule has 1 atom stereocenters. The van der Waals surface area contributed by atoms with Crippen molar-refractivity contribution in [2.75, 3.05) is 0 Å². The second-order valence-corrected chi connectivity index (χ2v) is 6.84. The maximum Gasteiger partial charge on any atom is 0.235 e. The third kappa shape index (κ3) is 4.05. The van der Waals surface area contributed by atoms with Crippen molar-refractivity contribution in [3.63, 3.8) is 0 Å². The molecule has 0 aliphatic rings. The molecule has 1 unspecified atom stereocenters. The Balaban J connectivity index is 2.12. The van der Waals surface area contributed by atoms with Crippen LogP contribution in [0.2, 0.25) is 0 Å². The summed E-state index contributed by atoms with van der Waals surface area (Å²) in [5.74, 6) is -1.24. The fraction of sp³-hybridized carbons (Fsp3) is 0.143. The normalized spacial score (nSPS) is 12.9. The van der Waals surface area contributed by atoms with E-state index in [2.05, 4.69) is 26.4 Å². The first-order chi connectivity index (χ1) is 10.1. The number of nitrogens with two attached hydrogens (primary N) is 1. The van der Waals surface area contributed by atoms with Crippen LogP contribution < -0.4 is 11.1 Å². The first-order valence-corrected chi connectivity index (χ1v) is 7.77. The molecule has 0 aliphatic heterocycles. The zero-order valence-electron chi connectivity index (χ0n) is 11.0. The minimum atomic E-state index is -0.806. The van der Waals surface area contributed by atoms with Crippen molar-refractivity contribution in [3.8, 4) is 0 Å². The van der Waals surface area contributed by atoms with Crippen LogP contribution in [0.4, 0.5) is 0 Å². The Kier molecular flexibility index (Phi) is 5.35. The minimum absolute atomic E-state index is 0.133. The van der Waals surface area contributed by atoms with E-state index in [1.54, 1.807) is 35.6 Å². The van der Waals surface area contributed by atoms with Crippen LogP contribution >= 0.6 is 27.3 Å². The number of rotatable bonds is 5. The molecule has 7 heteroatoms. The van der Waals surface area contributed by atoms with E-state index in [4.69, 9.17) is 10.9 Å². The lowest BCUT2D eigenvalue weighted by molar-refractivity contribution is -0.121. The van der Waals surface area contributed by atoms with E-state index in [-0.39, 0.29) is 11.7 Å². The maximum absolute atomic E-state index is 12.3. The number of carbonyl (C=O) groups excluding carboxylic acids is 1. The molecule has 4 N–H and O–H groups in total. The molecule has 5 nitrogen and oxygen atoms in total. The zero-order chi connectivity index (χ0) is 15.2. The first kappa shape index (κ1) is 15.5. The fourth-order valence-electron chi connectivity index (χ4n) is 1.88. The quantitative estimate of drug-likeness (QED) is 0.328. The highest BCUT2D eigenvalue weighted by Crippen LogP contribution is 2.22. The van der Waals surface area contributed by atoms with Crippen molar-refractivity contribution in [2.45, 2.75) is 12.5 Å². The summed E-state index contributed by atoms with van der Waals surface area (Å²) in [4.78, 5) is 13.3. The van der Waals surface area contributed by atoms with Gasteiger partial charge in [0.1, 0.15) is 5.92 Å². The highest BCUT2D eigenvalue weighted by Gasteiger charge is 2.25. The number of halogens is 1. The summed E-state index contributed by atoms with van der Waals surface area (Å²) in [6, 6.07) is 12.8. The number of nitrogens with zero attached hydrogens (tertiary/aromatic N) is 1. The van der Waals surface area contributed by atoms with Crippen LogP contribution in [0, 0.1) is 0 Å². The Morgan fingerprint density at radius 3 is 2.62 bits per heavy atom. The van der Waals surface area contributed by atoms with E-state index in [1.165, 1.54) is 0 Å². The predicted octanol–water partition coefficient (Wildman–Crippen LogP) is 2.66. The molecule has 0 aliphatic carbocycles. The van der Waals surface area contributed by atoms with Crippen LogP contribution in [0.5, 0.6) is 0 Å². The maximum atomic E-state index is 12.3. The Labute approximate surface area is 134 Å². The average molecular weight is 368 g/mol. The predicted molar refractivity (Wildman–Crippen MR) is 86.5 cm³/mol. The first-order valence-electron chi connectivity index (χ1n) is 6.16. The lowest BCUT2D eigenvalue weighted by Gasteiger charge is -2.15. The number of hydrogen-bond acceptors (Lipinski definition) is 4. The van der Waals surface area contributed by atoms with Crippen molar-refractivity contribution >= 4 is 39.0 Å². The number of oxime groups is 1. The molecule has 2 aromatic rings. The molecule has 1 heterocycles. The van der Waals surface area contributed by atoms with Crippen molar-refractivity contribution in [1.82, 2.24) is 5.32 Å². The Hall–Kier alpha value is -1.86. The average Bonchev–Trinajstić information content (AvgIpc) is 2.92. The number of thiophene rings is 1. The molecule has 0 saturated carbocycles. The highest BCUT2D eigenvalue weighted by atomic mass is 79.9. The second kappa shape index (κ2) is 7.24. The van der Waals surface area contributed by atoms with Crippen molar-refractivity contribution in [3.05, 3.63) is 56.7 Å². The van der Waals surface area contributed by atoms with Crippen molar-refractivity contribution in [2.24, 2.45) is 10.9 Å².